The molecular weight excluding hydrogens is 322 g/mol. The van der Waals surface area contributed by atoms with Crippen molar-refractivity contribution in [1.29, 1.82) is 0 Å². The zero-order valence-corrected chi connectivity index (χ0v) is 14.5. The first-order valence-corrected chi connectivity index (χ1v) is 9.11. The van der Waals surface area contributed by atoms with Gasteiger partial charge >= 0.3 is 0 Å². The molecule has 2 aromatic rings. The Kier molecular flexibility index (Phi) is 3.42. The molecule has 5 rings (SSSR count). The minimum Gasteiger partial charge on any atom is -0.457 e. The summed E-state index contributed by atoms with van der Waals surface area (Å²) in [5, 5.41) is 0. The molecule has 0 saturated heterocycles. The Balaban J connectivity index is 1.43. The molecule has 1 spiro atoms. The van der Waals surface area contributed by atoms with Crippen LogP contribution in [0.4, 0.5) is 5.69 Å². The molecule has 2 aromatic carbocycles. The molecule has 3 nitrogen and oxygen atoms in total. The van der Waals surface area contributed by atoms with Crippen LogP contribution in [-0.2, 0) is 0 Å². The average molecular weight is 343 g/mol. The zero-order valence-electron chi connectivity index (χ0n) is 14.5. The lowest BCUT2D eigenvalue weighted by Crippen LogP contribution is -2.28. The van der Waals surface area contributed by atoms with Crippen LogP contribution in [0.15, 0.2) is 84.7 Å². The second kappa shape index (κ2) is 5.80. The second-order valence-corrected chi connectivity index (χ2v) is 7.34. The fourth-order valence-electron chi connectivity index (χ4n) is 4.46. The molecule has 1 fully saturated rings. The second-order valence-electron chi connectivity index (χ2n) is 7.34. The monoisotopic (exact) mass is 343 g/mol. The lowest BCUT2D eigenvalue weighted by atomic mass is 9.74. The third-order valence-corrected chi connectivity index (χ3v) is 5.69. The van der Waals surface area contributed by atoms with E-state index in [1.54, 1.807) is 0 Å². The van der Waals surface area contributed by atoms with E-state index >= 15 is 0 Å². The van der Waals surface area contributed by atoms with Crippen molar-refractivity contribution >= 4 is 5.69 Å². The van der Waals surface area contributed by atoms with Crippen molar-refractivity contribution in [3.05, 3.63) is 84.7 Å². The number of ether oxygens (including phenoxy) is 2. The molecule has 3 heteroatoms. The predicted octanol–water partition coefficient (Wildman–Crippen LogP) is 5.48. The van der Waals surface area contributed by atoms with Gasteiger partial charge in [-0.25, -0.2) is 0 Å². The Morgan fingerprint density at radius 2 is 1.69 bits per heavy atom. The molecule has 0 aliphatic heterocycles. The SMILES string of the molecule is Nc1ccc(Oc2ccccc2OC2=CC3CC4C=CC=CC24C3)cc1. The van der Waals surface area contributed by atoms with Gasteiger partial charge in [0.05, 0.1) is 5.41 Å². The molecule has 2 bridgehead atoms. The van der Waals surface area contributed by atoms with Crippen LogP contribution in [-0.4, -0.2) is 0 Å². The van der Waals surface area contributed by atoms with Gasteiger partial charge in [-0.2, -0.15) is 0 Å². The molecule has 0 aromatic heterocycles. The Morgan fingerprint density at radius 3 is 2.50 bits per heavy atom. The molecule has 0 radical (unpaired) electrons. The number of rotatable bonds is 4. The lowest BCUT2D eigenvalue weighted by Gasteiger charge is -2.34. The molecule has 0 amide bonds. The number of fused-ring (bicyclic) bond motifs is 1. The van der Waals surface area contributed by atoms with E-state index in [-0.39, 0.29) is 5.41 Å². The fraction of sp³-hybridized carbons (Fsp3) is 0.217. The van der Waals surface area contributed by atoms with Crippen LogP contribution in [0.5, 0.6) is 17.2 Å². The first-order chi connectivity index (χ1) is 12.7. The number of hydrogen-bond donors (Lipinski definition) is 1. The smallest absolute Gasteiger partial charge is 0.169 e. The molecule has 1 saturated carbocycles. The topological polar surface area (TPSA) is 44.5 Å². The van der Waals surface area contributed by atoms with Gasteiger partial charge in [-0.3, -0.25) is 0 Å². The highest BCUT2D eigenvalue weighted by molar-refractivity contribution is 5.48. The third kappa shape index (κ3) is 2.43. The van der Waals surface area contributed by atoms with Gasteiger partial charge < -0.3 is 15.2 Å². The van der Waals surface area contributed by atoms with Gasteiger partial charge in [-0.15, -0.1) is 0 Å². The summed E-state index contributed by atoms with van der Waals surface area (Å²) in [6, 6.07) is 15.2. The van der Waals surface area contributed by atoms with E-state index in [2.05, 4.69) is 30.4 Å². The number of para-hydroxylation sites is 2. The molecule has 3 unspecified atom stereocenters. The van der Waals surface area contributed by atoms with E-state index in [0.29, 0.717) is 17.6 Å². The normalized spacial score (nSPS) is 27.9. The van der Waals surface area contributed by atoms with Crippen LogP contribution in [0.25, 0.3) is 0 Å². The van der Waals surface area contributed by atoms with Crippen LogP contribution in [0, 0.1) is 17.3 Å². The lowest BCUT2D eigenvalue weighted by molar-refractivity contribution is 0.252. The highest BCUT2D eigenvalue weighted by Crippen LogP contribution is 2.60. The minimum atomic E-state index is 0.0216. The number of hydrogen-bond acceptors (Lipinski definition) is 3. The third-order valence-electron chi connectivity index (χ3n) is 5.69. The summed E-state index contributed by atoms with van der Waals surface area (Å²) in [6.45, 7) is 0. The van der Waals surface area contributed by atoms with Crippen molar-refractivity contribution < 1.29 is 9.47 Å². The number of nitrogen functional groups attached to an aromatic ring is 1. The number of allylic oxidation sites excluding steroid dienone is 5. The van der Waals surface area contributed by atoms with Crippen LogP contribution >= 0.6 is 0 Å². The molecule has 130 valence electrons. The quantitative estimate of drug-likeness (QED) is 0.748. The Labute approximate surface area is 153 Å². The van der Waals surface area contributed by atoms with E-state index in [0.717, 1.165) is 29.4 Å². The van der Waals surface area contributed by atoms with Gasteiger partial charge in [-0.1, -0.05) is 36.4 Å². The Bertz CT molecular complexity index is 925. The Hall–Kier alpha value is -2.94. The first kappa shape index (κ1) is 15.3. The largest absolute Gasteiger partial charge is 0.457 e. The summed E-state index contributed by atoms with van der Waals surface area (Å²) >= 11 is 0. The number of nitrogens with two attached hydrogens (primary N) is 1. The summed E-state index contributed by atoms with van der Waals surface area (Å²) in [6.07, 6.45) is 13.6. The maximum absolute atomic E-state index is 6.42. The van der Waals surface area contributed by atoms with Crippen LogP contribution in [0.1, 0.15) is 12.8 Å². The predicted molar refractivity (Wildman–Crippen MR) is 103 cm³/mol. The van der Waals surface area contributed by atoms with Gasteiger partial charge in [0.2, 0.25) is 0 Å². The van der Waals surface area contributed by atoms with E-state index in [1.807, 2.05) is 48.5 Å². The first-order valence-electron chi connectivity index (χ1n) is 9.11. The molecule has 2 N–H and O–H groups in total. The minimum absolute atomic E-state index is 0.0216. The summed E-state index contributed by atoms with van der Waals surface area (Å²) in [5.74, 6) is 4.42. The van der Waals surface area contributed by atoms with Crippen molar-refractivity contribution in [2.24, 2.45) is 17.3 Å². The van der Waals surface area contributed by atoms with Crippen molar-refractivity contribution in [2.45, 2.75) is 12.8 Å². The number of anilines is 1. The van der Waals surface area contributed by atoms with Crippen LogP contribution in [0.3, 0.4) is 0 Å². The molecule has 26 heavy (non-hydrogen) atoms. The van der Waals surface area contributed by atoms with E-state index < -0.39 is 0 Å². The number of benzene rings is 2. The van der Waals surface area contributed by atoms with Crippen molar-refractivity contribution in [2.75, 3.05) is 5.73 Å². The Morgan fingerprint density at radius 1 is 0.923 bits per heavy atom. The molecule has 3 aliphatic carbocycles. The highest BCUT2D eigenvalue weighted by atomic mass is 16.5. The summed E-state index contributed by atoms with van der Waals surface area (Å²) in [4.78, 5) is 0. The standard InChI is InChI=1S/C23H21NO2/c24-18-8-10-19(11-9-18)25-20-6-1-2-7-21(20)26-22-14-16-13-17-5-3-4-12-23(17,22)15-16/h1-12,14,16-17H,13,15,24H2. The van der Waals surface area contributed by atoms with Gasteiger partial charge in [0.15, 0.2) is 11.5 Å². The average Bonchev–Trinajstić information content (AvgIpc) is 3.19. The maximum atomic E-state index is 6.42. The molecule has 0 heterocycles. The molecular formula is C23H21NO2. The molecule has 3 atom stereocenters. The van der Waals surface area contributed by atoms with Gasteiger partial charge in [-0.05, 0) is 67.2 Å². The van der Waals surface area contributed by atoms with Gasteiger partial charge in [0, 0.05) is 5.69 Å². The van der Waals surface area contributed by atoms with E-state index in [4.69, 9.17) is 15.2 Å². The van der Waals surface area contributed by atoms with Crippen LogP contribution in [0.2, 0.25) is 0 Å². The highest BCUT2D eigenvalue weighted by Gasteiger charge is 2.53. The van der Waals surface area contributed by atoms with E-state index in [1.165, 1.54) is 6.42 Å². The summed E-state index contributed by atoms with van der Waals surface area (Å²) < 4.78 is 12.5. The van der Waals surface area contributed by atoms with Crippen LogP contribution < -0.4 is 15.2 Å². The van der Waals surface area contributed by atoms with E-state index in [9.17, 15) is 0 Å². The fourth-order valence-corrected chi connectivity index (χ4v) is 4.46. The molecule has 3 aliphatic rings. The summed E-state index contributed by atoms with van der Waals surface area (Å²) in [5.41, 5.74) is 6.50. The van der Waals surface area contributed by atoms with Gasteiger partial charge in [0.1, 0.15) is 11.5 Å². The van der Waals surface area contributed by atoms with Crippen molar-refractivity contribution in [3.8, 4) is 17.2 Å². The van der Waals surface area contributed by atoms with Gasteiger partial charge in [0.25, 0.3) is 0 Å². The summed E-state index contributed by atoms with van der Waals surface area (Å²) in [7, 11) is 0. The maximum Gasteiger partial charge on any atom is 0.169 e. The van der Waals surface area contributed by atoms with Crippen molar-refractivity contribution in [3.63, 3.8) is 0 Å². The van der Waals surface area contributed by atoms with Crippen molar-refractivity contribution in [1.82, 2.24) is 0 Å². The zero-order chi connectivity index (χ0) is 17.6.